The standard InChI is InChI=1S/C21H29FN4O3S/c1-14-8-15(2)21(16(3)9-14)30(28,29)26-7-5-4-6-19(26)24-12-20(27)25-13-17(22)10-18(25)11-23/h8-9,17-19,24H,4-7,10,12-13H2,1-3H3/t17-,18-,19?/m0/s1. The normalized spacial score (nSPS) is 25.3. The van der Waals surface area contributed by atoms with E-state index < -0.39 is 28.4 Å². The van der Waals surface area contributed by atoms with Crippen molar-refractivity contribution in [3.8, 4) is 6.07 Å². The van der Waals surface area contributed by atoms with Gasteiger partial charge in [0.05, 0.1) is 30.2 Å². The highest BCUT2D eigenvalue weighted by atomic mass is 32.2. The first-order valence-electron chi connectivity index (χ1n) is 10.3. The van der Waals surface area contributed by atoms with E-state index in [4.69, 9.17) is 5.26 Å². The number of halogens is 1. The van der Waals surface area contributed by atoms with E-state index in [0.29, 0.717) is 29.0 Å². The van der Waals surface area contributed by atoms with Crippen LogP contribution < -0.4 is 5.32 Å². The maximum absolute atomic E-state index is 13.6. The highest BCUT2D eigenvalue weighted by Crippen LogP contribution is 2.29. The van der Waals surface area contributed by atoms with Crippen LogP contribution in [0.25, 0.3) is 0 Å². The molecule has 0 aromatic heterocycles. The number of piperidine rings is 1. The van der Waals surface area contributed by atoms with Gasteiger partial charge in [-0.3, -0.25) is 10.1 Å². The lowest BCUT2D eigenvalue weighted by molar-refractivity contribution is -0.130. The van der Waals surface area contributed by atoms with Gasteiger partial charge in [-0.15, -0.1) is 0 Å². The zero-order valence-electron chi connectivity index (χ0n) is 17.7. The lowest BCUT2D eigenvalue weighted by atomic mass is 10.1. The Morgan fingerprint density at radius 1 is 1.27 bits per heavy atom. The summed E-state index contributed by atoms with van der Waals surface area (Å²) in [7, 11) is -3.75. The van der Waals surface area contributed by atoms with Gasteiger partial charge in [0.15, 0.2) is 0 Å². The second-order valence-corrected chi connectivity index (χ2v) is 10.1. The summed E-state index contributed by atoms with van der Waals surface area (Å²) >= 11 is 0. The molecule has 30 heavy (non-hydrogen) atoms. The van der Waals surface area contributed by atoms with Crippen molar-refractivity contribution in [3.05, 3.63) is 28.8 Å². The Balaban J connectivity index is 1.77. The molecule has 2 heterocycles. The van der Waals surface area contributed by atoms with Crippen LogP contribution in [0.15, 0.2) is 17.0 Å². The fraction of sp³-hybridized carbons (Fsp3) is 0.619. The highest BCUT2D eigenvalue weighted by Gasteiger charge is 2.38. The number of hydrogen-bond donors (Lipinski definition) is 1. The van der Waals surface area contributed by atoms with Gasteiger partial charge in [0.25, 0.3) is 0 Å². The minimum Gasteiger partial charge on any atom is -0.323 e. The maximum atomic E-state index is 13.6. The molecule has 1 aromatic carbocycles. The van der Waals surface area contributed by atoms with Crippen LogP contribution in [0.2, 0.25) is 0 Å². The van der Waals surface area contributed by atoms with Crippen LogP contribution >= 0.6 is 0 Å². The molecule has 1 N–H and O–H groups in total. The Hall–Kier alpha value is -2.02. The number of benzene rings is 1. The third-order valence-corrected chi connectivity index (χ3v) is 8.05. The summed E-state index contributed by atoms with van der Waals surface area (Å²) in [4.78, 5) is 14.1. The first kappa shape index (κ1) is 22.7. The van der Waals surface area contributed by atoms with Crippen LogP contribution in [-0.2, 0) is 14.8 Å². The number of nitriles is 1. The number of carbonyl (C=O) groups excluding carboxylic acids is 1. The zero-order valence-corrected chi connectivity index (χ0v) is 18.5. The fourth-order valence-corrected chi connectivity index (χ4v) is 6.63. The van der Waals surface area contributed by atoms with Gasteiger partial charge in [0, 0.05) is 13.0 Å². The summed E-state index contributed by atoms with van der Waals surface area (Å²) < 4.78 is 42.0. The lowest BCUT2D eigenvalue weighted by Gasteiger charge is -2.36. The smallest absolute Gasteiger partial charge is 0.244 e. The van der Waals surface area contributed by atoms with Gasteiger partial charge in [0.2, 0.25) is 15.9 Å². The molecule has 1 aromatic rings. The largest absolute Gasteiger partial charge is 0.323 e. The van der Waals surface area contributed by atoms with Crippen molar-refractivity contribution >= 4 is 15.9 Å². The number of aryl methyl sites for hydroxylation is 3. The van der Waals surface area contributed by atoms with E-state index in [9.17, 15) is 17.6 Å². The number of alkyl halides is 1. The second-order valence-electron chi connectivity index (χ2n) is 8.26. The molecule has 1 unspecified atom stereocenters. The molecule has 2 fully saturated rings. The molecular formula is C21H29FN4O3S. The van der Waals surface area contributed by atoms with E-state index in [0.717, 1.165) is 18.4 Å². The van der Waals surface area contributed by atoms with E-state index in [2.05, 4.69) is 5.32 Å². The van der Waals surface area contributed by atoms with Crippen molar-refractivity contribution < 1.29 is 17.6 Å². The minimum atomic E-state index is -3.75. The van der Waals surface area contributed by atoms with Gasteiger partial charge >= 0.3 is 0 Å². The van der Waals surface area contributed by atoms with Crippen molar-refractivity contribution in [2.45, 2.75) is 69.7 Å². The van der Waals surface area contributed by atoms with Crippen molar-refractivity contribution in [2.24, 2.45) is 0 Å². The predicted octanol–water partition coefficient (Wildman–Crippen LogP) is 2.16. The molecule has 0 saturated carbocycles. The molecule has 164 valence electrons. The summed E-state index contributed by atoms with van der Waals surface area (Å²) in [5.74, 6) is -0.382. The molecule has 0 aliphatic carbocycles. The van der Waals surface area contributed by atoms with Crippen LogP contribution in [0.1, 0.15) is 42.4 Å². The van der Waals surface area contributed by atoms with Crippen LogP contribution in [-0.4, -0.2) is 61.5 Å². The SMILES string of the molecule is Cc1cc(C)c(S(=O)(=O)N2CCCCC2NCC(=O)N2C[C@@H](F)C[C@H]2C#N)c(C)c1. The number of likely N-dealkylation sites (tertiary alicyclic amines) is 1. The van der Waals surface area contributed by atoms with Crippen LogP contribution in [0.3, 0.4) is 0 Å². The number of carbonyl (C=O) groups is 1. The number of amides is 1. The van der Waals surface area contributed by atoms with Crippen molar-refractivity contribution in [3.63, 3.8) is 0 Å². The van der Waals surface area contributed by atoms with Crippen LogP contribution in [0.5, 0.6) is 0 Å². The molecule has 0 spiro atoms. The predicted molar refractivity (Wildman–Crippen MR) is 111 cm³/mol. The number of nitrogens with zero attached hydrogens (tertiary/aromatic N) is 3. The van der Waals surface area contributed by atoms with Gasteiger partial charge in [-0.25, -0.2) is 12.8 Å². The van der Waals surface area contributed by atoms with Crippen LogP contribution in [0.4, 0.5) is 4.39 Å². The summed E-state index contributed by atoms with van der Waals surface area (Å²) in [5.41, 5.74) is 2.42. The molecule has 0 bridgehead atoms. The molecule has 3 atom stereocenters. The Morgan fingerprint density at radius 2 is 1.93 bits per heavy atom. The summed E-state index contributed by atoms with van der Waals surface area (Å²) in [6, 6.07) is 4.92. The lowest BCUT2D eigenvalue weighted by Crippen LogP contribution is -2.54. The first-order valence-corrected chi connectivity index (χ1v) is 11.8. The van der Waals surface area contributed by atoms with E-state index in [-0.39, 0.29) is 25.4 Å². The van der Waals surface area contributed by atoms with E-state index in [1.165, 1.54) is 9.21 Å². The summed E-state index contributed by atoms with van der Waals surface area (Å²) in [6.07, 6.45) is 0.499. The fourth-order valence-electron chi connectivity index (χ4n) is 4.58. The van der Waals surface area contributed by atoms with Gasteiger partial charge in [-0.05, 0) is 51.2 Å². The highest BCUT2D eigenvalue weighted by molar-refractivity contribution is 7.89. The molecule has 3 rings (SSSR count). The quantitative estimate of drug-likeness (QED) is 0.764. The van der Waals surface area contributed by atoms with E-state index >= 15 is 0 Å². The number of rotatable bonds is 5. The van der Waals surface area contributed by atoms with Crippen LogP contribution in [0, 0.1) is 32.1 Å². The van der Waals surface area contributed by atoms with Gasteiger partial charge in [-0.1, -0.05) is 17.7 Å². The third kappa shape index (κ3) is 4.51. The first-order chi connectivity index (χ1) is 14.1. The monoisotopic (exact) mass is 436 g/mol. The average Bonchev–Trinajstić information content (AvgIpc) is 3.06. The molecule has 1 amide bonds. The van der Waals surface area contributed by atoms with Crippen molar-refractivity contribution in [2.75, 3.05) is 19.6 Å². The zero-order chi connectivity index (χ0) is 22.1. The Labute approximate surface area is 177 Å². The molecule has 2 aliphatic heterocycles. The molecule has 7 nitrogen and oxygen atoms in total. The van der Waals surface area contributed by atoms with Gasteiger partial charge in [0.1, 0.15) is 12.2 Å². The molecule has 9 heteroatoms. The minimum absolute atomic E-state index is 0.0259. The van der Waals surface area contributed by atoms with Gasteiger partial charge < -0.3 is 4.90 Å². The van der Waals surface area contributed by atoms with Gasteiger partial charge in [-0.2, -0.15) is 9.57 Å². The second kappa shape index (κ2) is 9.00. The molecular weight excluding hydrogens is 407 g/mol. The molecule has 0 radical (unpaired) electrons. The van der Waals surface area contributed by atoms with Crippen molar-refractivity contribution in [1.29, 1.82) is 5.26 Å². The van der Waals surface area contributed by atoms with E-state index in [1.54, 1.807) is 13.8 Å². The summed E-state index contributed by atoms with van der Waals surface area (Å²) in [6.45, 7) is 5.68. The number of nitrogens with one attached hydrogen (secondary N) is 1. The topological polar surface area (TPSA) is 93.5 Å². The maximum Gasteiger partial charge on any atom is 0.244 e. The Bertz CT molecular complexity index is 936. The number of hydrogen-bond acceptors (Lipinski definition) is 5. The molecule has 2 saturated heterocycles. The van der Waals surface area contributed by atoms with Crippen molar-refractivity contribution in [1.82, 2.24) is 14.5 Å². The molecule has 2 aliphatic rings. The number of sulfonamides is 1. The Kier molecular flexibility index (Phi) is 6.80. The third-order valence-electron chi connectivity index (χ3n) is 5.83. The average molecular weight is 437 g/mol. The van der Waals surface area contributed by atoms with E-state index in [1.807, 2.05) is 25.1 Å². The summed E-state index contributed by atoms with van der Waals surface area (Å²) in [5, 5.41) is 12.2. The Morgan fingerprint density at radius 3 is 2.57 bits per heavy atom.